The van der Waals surface area contributed by atoms with Gasteiger partial charge < -0.3 is 10.2 Å². The molecule has 2 aliphatic rings. The van der Waals surface area contributed by atoms with Gasteiger partial charge in [0.15, 0.2) is 0 Å². The first-order valence-electron chi connectivity index (χ1n) is 11.7. The average molecular weight is 479 g/mol. The fourth-order valence-electron chi connectivity index (χ4n) is 4.83. The molecule has 1 amide bonds. The highest BCUT2D eigenvalue weighted by molar-refractivity contribution is 6.14. The van der Waals surface area contributed by atoms with Crippen LogP contribution in [0.5, 0.6) is 0 Å². The number of aryl methyl sites for hydroxylation is 1. The number of nitrogens with zero attached hydrogens (tertiary/aromatic N) is 5. The number of amides is 1. The van der Waals surface area contributed by atoms with Crippen LogP contribution >= 0.6 is 0 Å². The van der Waals surface area contributed by atoms with E-state index in [2.05, 4.69) is 10.2 Å². The summed E-state index contributed by atoms with van der Waals surface area (Å²) in [4.78, 5) is 14.9. The second-order valence-electron chi connectivity index (χ2n) is 9.43. The van der Waals surface area contributed by atoms with E-state index in [1.165, 1.54) is 17.1 Å². The largest absolute Gasteiger partial charge is 0.369 e. The van der Waals surface area contributed by atoms with Gasteiger partial charge in [0.2, 0.25) is 5.91 Å². The highest BCUT2D eigenvalue weighted by atomic mass is 19.1. The van der Waals surface area contributed by atoms with Crippen molar-refractivity contribution in [3.63, 3.8) is 0 Å². The van der Waals surface area contributed by atoms with Crippen molar-refractivity contribution in [1.82, 2.24) is 14.7 Å². The van der Waals surface area contributed by atoms with Crippen molar-refractivity contribution in [2.45, 2.75) is 26.3 Å². The van der Waals surface area contributed by atoms with Crippen LogP contribution in [0.25, 0.3) is 11.3 Å². The molecule has 2 aromatic carbocycles. The lowest BCUT2D eigenvalue weighted by Crippen LogP contribution is -2.36. The number of para-hydroxylation sites is 1. The fraction of sp³-hybridized carbons (Fsp3) is 0.346. The molecule has 0 aliphatic carbocycles. The Balaban J connectivity index is 1.65. The van der Waals surface area contributed by atoms with E-state index in [1.807, 2.05) is 50.0 Å². The maximum atomic E-state index is 14.9. The second-order valence-corrected chi connectivity index (χ2v) is 9.43. The Morgan fingerprint density at radius 3 is 2.69 bits per heavy atom. The van der Waals surface area contributed by atoms with Crippen molar-refractivity contribution >= 4 is 23.1 Å². The number of carbonyl (C=O) groups excluding carboxylic acids is 1. The van der Waals surface area contributed by atoms with Crippen LogP contribution in [0.2, 0.25) is 0 Å². The van der Waals surface area contributed by atoms with Crippen molar-refractivity contribution in [2.24, 2.45) is 11.0 Å². The summed E-state index contributed by atoms with van der Waals surface area (Å²) in [5.41, 5.74) is 3.54. The van der Waals surface area contributed by atoms with Crippen LogP contribution in [-0.2, 0) is 11.3 Å². The number of halogens is 2. The number of anilines is 2. The zero-order chi connectivity index (χ0) is 24.7. The lowest BCUT2D eigenvalue weighted by molar-refractivity contribution is -0.118. The molecule has 0 bridgehead atoms. The molecule has 0 saturated carbocycles. The fourth-order valence-corrected chi connectivity index (χ4v) is 4.83. The quantitative estimate of drug-likeness (QED) is 0.595. The maximum Gasteiger partial charge on any atom is 0.247 e. The van der Waals surface area contributed by atoms with Crippen LogP contribution in [0, 0.1) is 24.5 Å². The molecule has 1 aromatic heterocycles. The first kappa shape index (κ1) is 23.2. The highest BCUT2D eigenvalue weighted by Crippen LogP contribution is 2.36. The van der Waals surface area contributed by atoms with E-state index in [0.29, 0.717) is 41.5 Å². The first-order valence-corrected chi connectivity index (χ1v) is 11.7. The minimum absolute atomic E-state index is 0.0994. The van der Waals surface area contributed by atoms with Gasteiger partial charge in [-0.05, 0) is 44.8 Å². The summed E-state index contributed by atoms with van der Waals surface area (Å²) in [5.74, 6) is -0.370. The molecular weight excluding hydrogens is 450 g/mol. The molecule has 9 heteroatoms. The monoisotopic (exact) mass is 478 g/mol. The van der Waals surface area contributed by atoms with Gasteiger partial charge in [0, 0.05) is 50.0 Å². The Bertz CT molecular complexity index is 1320. The number of fused-ring (bicyclic) bond motifs is 1. The van der Waals surface area contributed by atoms with Crippen molar-refractivity contribution in [3.8, 4) is 11.3 Å². The smallest absolute Gasteiger partial charge is 0.247 e. The number of rotatable bonds is 5. The van der Waals surface area contributed by atoms with Gasteiger partial charge in [0.25, 0.3) is 0 Å². The Hall–Kier alpha value is -3.59. The van der Waals surface area contributed by atoms with Gasteiger partial charge in [-0.25, -0.2) is 18.5 Å². The van der Waals surface area contributed by atoms with Crippen molar-refractivity contribution in [1.29, 1.82) is 0 Å². The molecule has 35 heavy (non-hydrogen) atoms. The van der Waals surface area contributed by atoms with Gasteiger partial charge in [0.1, 0.15) is 23.1 Å². The van der Waals surface area contributed by atoms with Crippen LogP contribution < -0.4 is 10.3 Å². The minimum atomic E-state index is -0.685. The topological polar surface area (TPSA) is 65.8 Å². The molecule has 0 spiro atoms. The third kappa shape index (κ3) is 4.43. The molecule has 5 rings (SSSR count). The first-order chi connectivity index (χ1) is 16.8. The Kier molecular flexibility index (Phi) is 6.10. The SMILES string of the molecule is Cc1ccccc1N1N=C(c2c(-c3ccc(F)cc3F)nn3c2NCC(CN(C)C)C3)CCC1=O. The molecule has 2 aliphatic heterocycles. The highest BCUT2D eigenvalue weighted by Gasteiger charge is 2.33. The molecule has 3 heterocycles. The zero-order valence-electron chi connectivity index (χ0n) is 20.1. The number of benzene rings is 2. The molecule has 3 aromatic rings. The van der Waals surface area contributed by atoms with Gasteiger partial charge in [-0.1, -0.05) is 18.2 Å². The van der Waals surface area contributed by atoms with Gasteiger partial charge >= 0.3 is 0 Å². The predicted molar refractivity (Wildman–Crippen MR) is 133 cm³/mol. The van der Waals surface area contributed by atoms with Crippen molar-refractivity contribution in [3.05, 3.63) is 65.2 Å². The number of aromatic nitrogens is 2. The lowest BCUT2D eigenvalue weighted by Gasteiger charge is -2.29. The Morgan fingerprint density at radius 1 is 1.14 bits per heavy atom. The predicted octanol–water partition coefficient (Wildman–Crippen LogP) is 4.27. The van der Waals surface area contributed by atoms with Crippen LogP contribution in [0.15, 0.2) is 47.6 Å². The third-order valence-corrected chi connectivity index (χ3v) is 6.42. The van der Waals surface area contributed by atoms with Crippen LogP contribution in [-0.4, -0.2) is 53.5 Å². The van der Waals surface area contributed by atoms with E-state index in [4.69, 9.17) is 10.2 Å². The van der Waals surface area contributed by atoms with E-state index in [9.17, 15) is 13.6 Å². The van der Waals surface area contributed by atoms with Crippen LogP contribution in [0.1, 0.15) is 24.0 Å². The summed E-state index contributed by atoms with van der Waals surface area (Å²) in [6, 6.07) is 11.1. The summed E-state index contributed by atoms with van der Waals surface area (Å²) in [6.07, 6.45) is 0.672. The van der Waals surface area contributed by atoms with E-state index < -0.39 is 11.6 Å². The maximum absolute atomic E-state index is 14.9. The molecule has 1 N–H and O–H groups in total. The molecule has 1 unspecified atom stereocenters. The number of carbonyl (C=O) groups is 1. The van der Waals surface area contributed by atoms with Crippen molar-refractivity contribution < 1.29 is 13.6 Å². The number of hydrogen-bond acceptors (Lipinski definition) is 5. The Labute approximate surface area is 203 Å². The standard InChI is InChI=1S/C26H28F2N6O/c1-16-6-4-5-7-22(16)34-23(35)11-10-21(30-34)24-25(19-9-8-18(27)12-20(19)28)31-33-15-17(14-32(2)3)13-29-26(24)33/h4-9,12,17,29H,10-11,13-15H2,1-3H3. The van der Waals surface area contributed by atoms with Crippen molar-refractivity contribution in [2.75, 3.05) is 37.5 Å². The van der Waals surface area contributed by atoms with E-state index in [0.717, 1.165) is 30.5 Å². The summed E-state index contributed by atoms with van der Waals surface area (Å²) in [7, 11) is 4.05. The molecule has 7 nitrogen and oxygen atoms in total. The summed E-state index contributed by atoms with van der Waals surface area (Å²) in [5, 5.41) is 14.4. The zero-order valence-corrected chi connectivity index (χ0v) is 20.1. The van der Waals surface area contributed by atoms with Gasteiger partial charge in [0.05, 0.1) is 17.0 Å². The minimum Gasteiger partial charge on any atom is -0.369 e. The third-order valence-electron chi connectivity index (χ3n) is 6.42. The van der Waals surface area contributed by atoms with Gasteiger partial charge in [-0.2, -0.15) is 10.2 Å². The molecular formula is C26H28F2N6O. The van der Waals surface area contributed by atoms with Gasteiger partial charge in [-0.15, -0.1) is 0 Å². The number of nitrogens with one attached hydrogen (secondary N) is 1. The molecule has 1 atom stereocenters. The summed E-state index contributed by atoms with van der Waals surface area (Å²) >= 11 is 0. The average Bonchev–Trinajstić information content (AvgIpc) is 3.18. The van der Waals surface area contributed by atoms with E-state index in [1.54, 1.807) is 0 Å². The molecule has 0 fully saturated rings. The molecule has 0 radical (unpaired) electrons. The Morgan fingerprint density at radius 2 is 1.94 bits per heavy atom. The van der Waals surface area contributed by atoms with Gasteiger partial charge in [-0.3, -0.25) is 4.79 Å². The van der Waals surface area contributed by atoms with E-state index >= 15 is 0 Å². The van der Waals surface area contributed by atoms with Crippen LogP contribution in [0.4, 0.5) is 20.3 Å². The van der Waals surface area contributed by atoms with E-state index in [-0.39, 0.29) is 17.9 Å². The molecule has 182 valence electrons. The van der Waals surface area contributed by atoms with Crippen LogP contribution in [0.3, 0.4) is 0 Å². The summed E-state index contributed by atoms with van der Waals surface area (Å²) < 4.78 is 30.5. The number of hydrogen-bond donors (Lipinski definition) is 1. The molecule has 0 saturated heterocycles. The number of hydrazone groups is 1. The second kappa shape index (κ2) is 9.22. The summed E-state index contributed by atoms with van der Waals surface area (Å²) in [6.45, 7) is 4.19. The normalized spacial score (nSPS) is 17.9. The lowest BCUT2D eigenvalue weighted by atomic mass is 9.98.